The van der Waals surface area contributed by atoms with E-state index in [-0.39, 0.29) is 18.0 Å². The van der Waals surface area contributed by atoms with Crippen molar-refractivity contribution in [2.24, 2.45) is 0 Å². The van der Waals surface area contributed by atoms with Gasteiger partial charge in [-0.1, -0.05) is 19.4 Å². The molecule has 0 aromatic heterocycles. The fraction of sp³-hybridized carbons (Fsp3) is 0.278. The highest BCUT2D eigenvalue weighted by Crippen LogP contribution is 2.29. The lowest BCUT2D eigenvalue weighted by Gasteiger charge is -2.12. The van der Waals surface area contributed by atoms with Gasteiger partial charge in [0, 0.05) is 12.1 Å². The maximum absolute atomic E-state index is 12.1. The predicted molar refractivity (Wildman–Crippen MR) is 102 cm³/mol. The van der Waals surface area contributed by atoms with E-state index in [0.29, 0.717) is 11.5 Å². The zero-order chi connectivity index (χ0) is 19.1. The van der Waals surface area contributed by atoms with E-state index in [1.807, 2.05) is 12.1 Å². The van der Waals surface area contributed by atoms with Gasteiger partial charge in [0.15, 0.2) is 6.61 Å². The minimum absolute atomic E-state index is 0.142. The molecule has 0 aliphatic carbocycles. The van der Waals surface area contributed by atoms with Crippen molar-refractivity contribution in [1.82, 2.24) is 0 Å². The Hall–Kier alpha value is -2.61. The summed E-state index contributed by atoms with van der Waals surface area (Å²) in [5.74, 6) is 0.424. The maximum Gasteiger partial charge on any atom is 0.271 e. The number of anilines is 1. The van der Waals surface area contributed by atoms with Crippen LogP contribution >= 0.6 is 15.9 Å². The van der Waals surface area contributed by atoms with E-state index < -0.39 is 10.8 Å². The second-order valence-electron chi connectivity index (χ2n) is 5.49. The summed E-state index contributed by atoms with van der Waals surface area (Å²) >= 11 is 3.43. The van der Waals surface area contributed by atoms with Crippen LogP contribution in [-0.2, 0) is 11.2 Å². The van der Waals surface area contributed by atoms with E-state index in [1.54, 1.807) is 6.07 Å². The molecule has 0 saturated heterocycles. The summed E-state index contributed by atoms with van der Waals surface area (Å²) in [7, 11) is 1.42. The van der Waals surface area contributed by atoms with Gasteiger partial charge in [-0.3, -0.25) is 14.9 Å². The Kier molecular flexibility index (Phi) is 6.97. The SMILES string of the molecule is CCCc1ccc(OCC(=O)Nc2cc([N+](=O)[O-])ccc2OC)c(Br)c1. The molecule has 0 heterocycles. The van der Waals surface area contributed by atoms with Gasteiger partial charge in [-0.15, -0.1) is 0 Å². The molecule has 2 aromatic carbocycles. The lowest BCUT2D eigenvalue weighted by atomic mass is 10.1. The number of methoxy groups -OCH3 is 1. The molecule has 0 fully saturated rings. The third-order valence-corrected chi connectivity index (χ3v) is 4.18. The second kappa shape index (κ2) is 9.19. The molecule has 8 heteroatoms. The van der Waals surface area contributed by atoms with Crippen molar-refractivity contribution in [1.29, 1.82) is 0 Å². The summed E-state index contributed by atoms with van der Waals surface area (Å²) in [4.78, 5) is 22.5. The van der Waals surface area contributed by atoms with Crippen molar-refractivity contribution >= 4 is 33.2 Å². The number of nitrogens with zero attached hydrogens (tertiary/aromatic N) is 1. The monoisotopic (exact) mass is 422 g/mol. The van der Waals surface area contributed by atoms with Crippen molar-refractivity contribution in [3.05, 3.63) is 56.5 Å². The number of carbonyl (C=O) groups is 1. The summed E-state index contributed by atoms with van der Waals surface area (Å²) in [5, 5.41) is 13.5. The molecule has 0 aliphatic heterocycles. The Morgan fingerprint density at radius 1 is 1.23 bits per heavy atom. The highest BCUT2D eigenvalue weighted by Gasteiger charge is 2.14. The highest BCUT2D eigenvalue weighted by molar-refractivity contribution is 9.10. The van der Waals surface area contributed by atoms with Gasteiger partial charge in [-0.25, -0.2) is 0 Å². The van der Waals surface area contributed by atoms with Crippen LogP contribution in [0.15, 0.2) is 40.9 Å². The molecule has 0 saturated carbocycles. The molecular weight excluding hydrogens is 404 g/mol. The number of ether oxygens (including phenoxy) is 2. The Morgan fingerprint density at radius 3 is 2.58 bits per heavy atom. The molecule has 0 bridgehead atoms. The maximum atomic E-state index is 12.1. The van der Waals surface area contributed by atoms with Gasteiger partial charge in [0.1, 0.15) is 11.5 Å². The van der Waals surface area contributed by atoms with Crippen LogP contribution in [0.4, 0.5) is 11.4 Å². The van der Waals surface area contributed by atoms with Crippen molar-refractivity contribution in [2.75, 3.05) is 19.0 Å². The standard InChI is InChI=1S/C18H19BrN2O5/c1-3-4-12-5-7-16(14(19)9-12)26-11-18(22)20-15-10-13(21(23)24)6-8-17(15)25-2/h5-10H,3-4,11H2,1-2H3,(H,20,22). The predicted octanol–water partition coefficient (Wildman–Crippen LogP) is 4.34. The van der Waals surface area contributed by atoms with E-state index in [2.05, 4.69) is 28.2 Å². The molecule has 26 heavy (non-hydrogen) atoms. The summed E-state index contributed by atoms with van der Waals surface area (Å²) in [5.41, 5.74) is 1.25. The summed E-state index contributed by atoms with van der Waals surface area (Å²) < 4.78 is 11.4. The van der Waals surface area contributed by atoms with Crippen LogP contribution in [0.1, 0.15) is 18.9 Å². The van der Waals surface area contributed by atoms with Crippen LogP contribution in [-0.4, -0.2) is 24.5 Å². The quantitative estimate of drug-likeness (QED) is 0.504. The molecular formula is C18H19BrN2O5. The minimum Gasteiger partial charge on any atom is -0.495 e. The largest absolute Gasteiger partial charge is 0.495 e. The average molecular weight is 423 g/mol. The first kappa shape index (κ1) is 19.7. The van der Waals surface area contributed by atoms with Crippen LogP contribution in [0.5, 0.6) is 11.5 Å². The number of halogens is 1. The van der Waals surface area contributed by atoms with Crippen LogP contribution in [0.25, 0.3) is 0 Å². The van der Waals surface area contributed by atoms with Crippen LogP contribution in [0, 0.1) is 10.1 Å². The number of non-ortho nitro benzene ring substituents is 1. The first-order valence-electron chi connectivity index (χ1n) is 7.98. The topological polar surface area (TPSA) is 90.7 Å². The van der Waals surface area contributed by atoms with Crippen molar-refractivity contribution in [3.8, 4) is 11.5 Å². The fourth-order valence-electron chi connectivity index (χ4n) is 2.34. The molecule has 7 nitrogen and oxygen atoms in total. The highest BCUT2D eigenvalue weighted by atomic mass is 79.9. The number of amides is 1. The molecule has 0 atom stereocenters. The molecule has 1 amide bonds. The number of nitro benzene ring substituents is 1. The lowest BCUT2D eigenvalue weighted by Crippen LogP contribution is -2.20. The van der Waals surface area contributed by atoms with E-state index >= 15 is 0 Å². The molecule has 2 aromatic rings. The summed E-state index contributed by atoms with van der Waals surface area (Å²) in [6, 6.07) is 9.69. The molecule has 0 spiro atoms. The third kappa shape index (κ3) is 5.19. The number of hydrogen-bond acceptors (Lipinski definition) is 5. The summed E-state index contributed by atoms with van der Waals surface area (Å²) in [6.45, 7) is 1.86. The fourth-order valence-corrected chi connectivity index (χ4v) is 2.88. The molecule has 0 radical (unpaired) electrons. The van der Waals surface area contributed by atoms with Crippen molar-refractivity contribution < 1.29 is 19.2 Å². The number of hydrogen-bond donors (Lipinski definition) is 1. The smallest absolute Gasteiger partial charge is 0.271 e. The molecule has 2 rings (SSSR count). The van der Waals surface area contributed by atoms with Gasteiger partial charge in [-0.2, -0.15) is 0 Å². The molecule has 138 valence electrons. The Balaban J connectivity index is 2.03. The first-order chi connectivity index (χ1) is 12.4. The van der Waals surface area contributed by atoms with E-state index in [1.165, 1.54) is 30.9 Å². The average Bonchev–Trinajstić information content (AvgIpc) is 2.61. The zero-order valence-corrected chi connectivity index (χ0v) is 16.0. The van der Waals surface area contributed by atoms with Crippen LogP contribution in [0.2, 0.25) is 0 Å². The first-order valence-corrected chi connectivity index (χ1v) is 8.77. The number of benzene rings is 2. The van der Waals surface area contributed by atoms with Gasteiger partial charge in [-0.05, 0) is 46.1 Å². The number of nitrogens with one attached hydrogen (secondary N) is 1. The van der Waals surface area contributed by atoms with E-state index in [9.17, 15) is 14.9 Å². The molecule has 0 unspecified atom stereocenters. The molecule has 1 N–H and O–H groups in total. The Bertz CT molecular complexity index is 810. The van der Waals surface area contributed by atoms with Crippen molar-refractivity contribution in [3.63, 3.8) is 0 Å². The van der Waals surface area contributed by atoms with Gasteiger partial charge < -0.3 is 14.8 Å². The molecule has 0 aliphatic rings. The number of carbonyl (C=O) groups excluding carboxylic acids is 1. The van der Waals surface area contributed by atoms with E-state index in [0.717, 1.165) is 17.3 Å². The van der Waals surface area contributed by atoms with Gasteiger partial charge in [0.05, 0.1) is 22.2 Å². The third-order valence-electron chi connectivity index (χ3n) is 3.56. The lowest BCUT2D eigenvalue weighted by molar-refractivity contribution is -0.384. The second-order valence-corrected chi connectivity index (χ2v) is 6.35. The van der Waals surface area contributed by atoms with Crippen LogP contribution < -0.4 is 14.8 Å². The van der Waals surface area contributed by atoms with Gasteiger partial charge >= 0.3 is 0 Å². The van der Waals surface area contributed by atoms with Crippen molar-refractivity contribution in [2.45, 2.75) is 19.8 Å². The zero-order valence-electron chi connectivity index (χ0n) is 14.5. The minimum atomic E-state index is -0.541. The van der Waals surface area contributed by atoms with E-state index in [4.69, 9.17) is 9.47 Å². The number of nitro groups is 1. The van der Waals surface area contributed by atoms with Gasteiger partial charge in [0.2, 0.25) is 0 Å². The van der Waals surface area contributed by atoms with Gasteiger partial charge in [0.25, 0.3) is 11.6 Å². The Morgan fingerprint density at radius 2 is 1.96 bits per heavy atom. The summed E-state index contributed by atoms with van der Waals surface area (Å²) in [6.07, 6.45) is 2.01. The normalized spacial score (nSPS) is 10.3. The Labute approximate surface area is 159 Å². The van der Waals surface area contributed by atoms with Crippen LogP contribution in [0.3, 0.4) is 0 Å². The number of aryl methyl sites for hydroxylation is 1. The number of rotatable bonds is 8.